The number of hydrogen-bond acceptors (Lipinski definition) is 3. The summed E-state index contributed by atoms with van der Waals surface area (Å²) in [5, 5.41) is 10.6. The highest BCUT2D eigenvalue weighted by Gasteiger charge is 2.30. The predicted octanol–water partition coefficient (Wildman–Crippen LogP) is 1.93. The Kier molecular flexibility index (Phi) is 3.59. The van der Waals surface area contributed by atoms with Crippen LogP contribution in [0.15, 0.2) is 16.8 Å². The van der Waals surface area contributed by atoms with Crippen molar-refractivity contribution in [3.8, 4) is 0 Å². The number of nitrogens with zero attached hydrogens (tertiary/aromatic N) is 1. The average molecular weight is 183 g/mol. The highest BCUT2D eigenvalue weighted by atomic mass is 19.4. The van der Waals surface area contributed by atoms with Gasteiger partial charge in [-0.3, -0.25) is 0 Å². The molecule has 70 valence electrons. The van der Waals surface area contributed by atoms with E-state index in [2.05, 4.69) is 9.89 Å². The Balaban J connectivity index is 4.56. The van der Waals surface area contributed by atoms with Gasteiger partial charge >= 0.3 is 6.18 Å². The van der Waals surface area contributed by atoms with Gasteiger partial charge in [0.25, 0.3) is 0 Å². The molecule has 0 heterocycles. The van der Waals surface area contributed by atoms with Gasteiger partial charge in [-0.25, -0.2) is 0 Å². The van der Waals surface area contributed by atoms with E-state index in [1.807, 2.05) is 0 Å². The lowest BCUT2D eigenvalue weighted by Gasteiger charge is -2.05. The van der Waals surface area contributed by atoms with E-state index in [4.69, 9.17) is 5.21 Å². The van der Waals surface area contributed by atoms with Crippen LogP contribution in [-0.4, -0.2) is 24.4 Å². The summed E-state index contributed by atoms with van der Waals surface area (Å²) in [6, 6.07) is 0. The number of allylic oxidation sites excluding steroid dienone is 1. The van der Waals surface area contributed by atoms with E-state index >= 15 is 0 Å². The molecule has 0 aromatic carbocycles. The zero-order valence-corrected chi connectivity index (χ0v) is 6.51. The monoisotopic (exact) mass is 183 g/mol. The number of hydrogen-bond donors (Lipinski definition) is 1. The third-order valence-electron chi connectivity index (χ3n) is 1.09. The second-order valence-corrected chi connectivity index (χ2v) is 1.97. The summed E-state index contributed by atoms with van der Waals surface area (Å²) >= 11 is 0. The highest BCUT2D eigenvalue weighted by Crippen LogP contribution is 2.24. The van der Waals surface area contributed by atoms with Gasteiger partial charge < -0.3 is 9.94 Å². The fourth-order valence-electron chi connectivity index (χ4n) is 0.396. The minimum absolute atomic E-state index is 0.482. The number of alkyl halides is 3. The quantitative estimate of drug-likeness (QED) is 0.292. The number of ether oxygens (including phenoxy) is 1. The standard InChI is InChI=1S/C6H8F3NO2/c1-4(6(7,8)9)3-5(10-11)12-2/h3,11H,1-2H3/b4-3+,10-5+. The molecule has 12 heavy (non-hydrogen) atoms. The molecule has 3 nitrogen and oxygen atoms in total. The average Bonchev–Trinajstić information content (AvgIpc) is 1.97. The first-order valence-corrected chi connectivity index (χ1v) is 2.93. The molecule has 0 aliphatic carbocycles. The molecule has 0 radical (unpaired) electrons. The summed E-state index contributed by atoms with van der Waals surface area (Å²) in [4.78, 5) is 0. The second kappa shape index (κ2) is 3.99. The van der Waals surface area contributed by atoms with Gasteiger partial charge in [-0.1, -0.05) is 0 Å². The number of methoxy groups -OCH3 is 1. The SMILES string of the molecule is COC(/C=C(\C)C(F)(F)F)=N/O. The molecule has 0 saturated carbocycles. The van der Waals surface area contributed by atoms with Gasteiger partial charge in [0, 0.05) is 11.6 Å². The van der Waals surface area contributed by atoms with Crippen LogP contribution in [0, 0.1) is 0 Å². The van der Waals surface area contributed by atoms with Crippen molar-refractivity contribution in [2.24, 2.45) is 5.16 Å². The normalized spacial score (nSPS) is 14.8. The minimum atomic E-state index is -4.42. The van der Waals surface area contributed by atoms with Crippen LogP contribution in [0.25, 0.3) is 0 Å². The number of oxime groups is 1. The molecule has 0 aromatic heterocycles. The second-order valence-electron chi connectivity index (χ2n) is 1.97. The van der Waals surface area contributed by atoms with Gasteiger partial charge in [0.2, 0.25) is 5.90 Å². The van der Waals surface area contributed by atoms with Crippen molar-refractivity contribution in [1.29, 1.82) is 0 Å². The molecule has 0 unspecified atom stereocenters. The molecule has 0 bridgehead atoms. The van der Waals surface area contributed by atoms with Gasteiger partial charge in [0.15, 0.2) is 0 Å². The van der Waals surface area contributed by atoms with Crippen molar-refractivity contribution in [2.75, 3.05) is 7.11 Å². The van der Waals surface area contributed by atoms with E-state index in [0.717, 1.165) is 14.0 Å². The van der Waals surface area contributed by atoms with Crippen LogP contribution in [0.4, 0.5) is 13.2 Å². The minimum Gasteiger partial charge on any atom is -0.479 e. The lowest BCUT2D eigenvalue weighted by Crippen LogP contribution is -2.11. The van der Waals surface area contributed by atoms with Crippen molar-refractivity contribution in [1.82, 2.24) is 0 Å². The molecule has 0 rings (SSSR count). The van der Waals surface area contributed by atoms with Crippen molar-refractivity contribution in [2.45, 2.75) is 13.1 Å². The fraction of sp³-hybridized carbons (Fsp3) is 0.500. The summed E-state index contributed by atoms with van der Waals surface area (Å²) in [5.74, 6) is -0.482. The largest absolute Gasteiger partial charge is 0.479 e. The Hall–Kier alpha value is -1.20. The van der Waals surface area contributed by atoms with Gasteiger partial charge in [0.1, 0.15) is 0 Å². The lowest BCUT2D eigenvalue weighted by molar-refractivity contribution is -0.0912. The van der Waals surface area contributed by atoms with Crippen molar-refractivity contribution in [3.05, 3.63) is 11.6 Å². The van der Waals surface area contributed by atoms with Crippen molar-refractivity contribution < 1.29 is 23.1 Å². The van der Waals surface area contributed by atoms with Crippen molar-refractivity contribution >= 4 is 5.90 Å². The summed E-state index contributed by atoms with van der Waals surface area (Å²) < 4.78 is 39.8. The van der Waals surface area contributed by atoms with Crippen LogP contribution in [0.5, 0.6) is 0 Å². The van der Waals surface area contributed by atoms with E-state index in [1.165, 1.54) is 0 Å². The Morgan fingerprint density at radius 3 is 2.25 bits per heavy atom. The Morgan fingerprint density at radius 1 is 1.50 bits per heavy atom. The van der Waals surface area contributed by atoms with Crippen LogP contribution >= 0.6 is 0 Å². The molecule has 0 aromatic rings. The Bertz CT molecular complexity index is 207. The Labute approximate surface area is 67.1 Å². The fourth-order valence-corrected chi connectivity index (χ4v) is 0.396. The highest BCUT2D eigenvalue weighted by molar-refractivity contribution is 5.87. The van der Waals surface area contributed by atoms with Gasteiger partial charge in [0.05, 0.1) is 7.11 Å². The summed E-state index contributed by atoms with van der Waals surface area (Å²) in [7, 11) is 1.11. The maximum absolute atomic E-state index is 11.8. The van der Waals surface area contributed by atoms with E-state index in [0.29, 0.717) is 6.08 Å². The molecular weight excluding hydrogens is 175 g/mol. The van der Waals surface area contributed by atoms with E-state index in [1.54, 1.807) is 0 Å². The first-order valence-electron chi connectivity index (χ1n) is 2.93. The number of rotatable bonds is 1. The zero-order valence-electron chi connectivity index (χ0n) is 6.51. The maximum atomic E-state index is 11.8. The number of halogens is 3. The lowest BCUT2D eigenvalue weighted by atomic mass is 10.3. The van der Waals surface area contributed by atoms with Crippen LogP contribution < -0.4 is 0 Å². The van der Waals surface area contributed by atoms with Crippen molar-refractivity contribution in [3.63, 3.8) is 0 Å². The topological polar surface area (TPSA) is 41.8 Å². The predicted molar refractivity (Wildman–Crippen MR) is 36.0 cm³/mol. The van der Waals surface area contributed by atoms with E-state index < -0.39 is 17.6 Å². The molecule has 0 fully saturated rings. The molecule has 0 spiro atoms. The van der Waals surface area contributed by atoms with Gasteiger partial charge in [-0.05, 0) is 12.1 Å². The molecule has 0 saturated heterocycles. The van der Waals surface area contributed by atoms with E-state index in [-0.39, 0.29) is 0 Å². The molecule has 0 aliphatic heterocycles. The summed E-state index contributed by atoms with van der Waals surface area (Å²) in [6.45, 7) is 0.851. The smallest absolute Gasteiger partial charge is 0.412 e. The maximum Gasteiger partial charge on any atom is 0.412 e. The zero-order chi connectivity index (χ0) is 9.78. The van der Waals surface area contributed by atoms with Crippen LogP contribution in [-0.2, 0) is 4.74 Å². The molecule has 1 N–H and O–H groups in total. The first kappa shape index (κ1) is 10.8. The molecular formula is C6H8F3NO2. The summed E-state index contributed by atoms with van der Waals surface area (Å²) in [5.41, 5.74) is -0.892. The molecule has 6 heteroatoms. The first-order chi connectivity index (χ1) is 5.41. The Morgan fingerprint density at radius 2 is 2.00 bits per heavy atom. The van der Waals surface area contributed by atoms with Crippen LogP contribution in [0.3, 0.4) is 0 Å². The molecule has 0 aliphatic rings. The summed E-state index contributed by atoms with van der Waals surface area (Å²) in [6.07, 6.45) is -3.82. The molecule has 0 atom stereocenters. The van der Waals surface area contributed by atoms with E-state index in [9.17, 15) is 13.2 Å². The third-order valence-corrected chi connectivity index (χ3v) is 1.09. The third kappa shape index (κ3) is 3.27. The van der Waals surface area contributed by atoms with Gasteiger partial charge in [-0.15, -0.1) is 0 Å². The van der Waals surface area contributed by atoms with Crippen LogP contribution in [0.1, 0.15) is 6.92 Å². The van der Waals surface area contributed by atoms with Crippen LogP contribution in [0.2, 0.25) is 0 Å². The van der Waals surface area contributed by atoms with Gasteiger partial charge in [-0.2, -0.15) is 13.2 Å². The molecule has 0 amide bonds.